The lowest BCUT2D eigenvalue weighted by molar-refractivity contribution is 0.242. The first-order valence-electron chi connectivity index (χ1n) is 7.88. The highest BCUT2D eigenvalue weighted by Gasteiger charge is 2.10. The molecule has 1 aromatic heterocycles. The Kier molecular flexibility index (Phi) is 5.76. The number of benzene rings is 2. The molecule has 1 N–H and O–H groups in total. The summed E-state index contributed by atoms with van der Waals surface area (Å²) < 4.78 is 7.61. The van der Waals surface area contributed by atoms with Gasteiger partial charge in [-0.05, 0) is 50.3 Å². The van der Waals surface area contributed by atoms with Crippen LogP contribution in [-0.4, -0.2) is 27.2 Å². The lowest BCUT2D eigenvalue weighted by Gasteiger charge is -2.10. The third kappa shape index (κ3) is 4.15. The molecule has 8 heteroatoms. The SMILES string of the molecule is CC(C)Oc1cccc(-c2n[nH]c(=S)n2/N=C\c2c(Cl)cccc2Cl)c1. The zero-order valence-corrected chi connectivity index (χ0v) is 16.4. The predicted octanol–water partition coefficient (Wildman–Crippen LogP) is 5.58. The van der Waals surface area contributed by atoms with Crippen molar-refractivity contribution in [1.82, 2.24) is 14.9 Å². The summed E-state index contributed by atoms with van der Waals surface area (Å²) in [5.41, 5.74) is 1.43. The van der Waals surface area contributed by atoms with Crippen molar-refractivity contribution < 1.29 is 4.74 Å². The summed E-state index contributed by atoms with van der Waals surface area (Å²) in [6, 6.07) is 12.9. The monoisotopic (exact) mass is 406 g/mol. The predicted molar refractivity (Wildman–Crippen MR) is 108 cm³/mol. The third-order valence-electron chi connectivity index (χ3n) is 3.42. The summed E-state index contributed by atoms with van der Waals surface area (Å²) in [7, 11) is 0. The number of rotatable bonds is 5. The summed E-state index contributed by atoms with van der Waals surface area (Å²) in [5.74, 6) is 1.31. The van der Waals surface area contributed by atoms with E-state index in [1.54, 1.807) is 24.4 Å². The van der Waals surface area contributed by atoms with Crippen molar-refractivity contribution in [2.75, 3.05) is 0 Å². The molecule has 0 saturated heterocycles. The van der Waals surface area contributed by atoms with Crippen LogP contribution in [0, 0.1) is 4.77 Å². The number of hydrogen-bond donors (Lipinski definition) is 1. The Labute approximate surface area is 166 Å². The van der Waals surface area contributed by atoms with Gasteiger partial charge in [-0.15, -0.1) is 0 Å². The molecule has 0 fully saturated rings. The first-order chi connectivity index (χ1) is 12.5. The maximum atomic E-state index is 6.18. The van der Waals surface area contributed by atoms with Gasteiger partial charge >= 0.3 is 0 Å². The number of nitrogens with one attached hydrogen (secondary N) is 1. The quantitative estimate of drug-likeness (QED) is 0.444. The zero-order valence-electron chi connectivity index (χ0n) is 14.1. The average Bonchev–Trinajstić information content (AvgIpc) is 2.95. The Morgan fingerprint density at radius 3 is 2.58 bits per heavy atom. The van der Waals surface area contributed by atoms with Crippen LogP contribution in [0.15, 0.2) is 47.6 Å². The molecule has 134 valence electrons. The summed E-state index contributed by atoms with van der Waals surface area (Å²) in [6.07, 6.45) is 1.64. The van der Waals surface area contributed by atoms with Crippen molar-refractivity contribution in [3.8, 4) is 17.1 Å². The molecule has 0 spiro atoms. The van der Waals surface area contributed by atoms with Crippen LogP contribution in [0.3, 0.4) is 0 Å². The summed E-state index contributed by atoms with van der Waals surface area (Å²) >= 11 is 17.7. The van der Waals surface area contributed by atoms with E-state index in [4.69, 9.17) is 40.2 Å². The molecule has 0 aliphatic rings. The first kappa shape index (κ1) is 18.6. The lowest BCUT2D eigenvalue weighted by Crippen LogP contribution is -2.05. The lowest BCUT2D eigenvalue weighted by atomic mass is 10.2. The van der Waals surface area contributed by atoms with Crippen molar-refractivity contribution in [1.29, 1.82) is 0 Å². The second-order valence-corrected chi connectivity index (χ2v) is 6.94. The van der Waals surface area contributed by atoms with Gasteiger partial charge in [0.15, 0.2) is 5.82 Å². The fourth-order valence-corrected chi connectivity index (χ4v) is 2.99. The van der Waals surface area contributed by atoms with E-state index in [9.17, 15) is 0 Å². The largest absolute Gasteiger partial charge is 0.491 e. The Morgan fingerprint density at radius 1 is 1.19 bits per heavy atom. The van der Waals surface area contributed by atoms with Gasteiger partial charge in [0.2, 0.25) is 4.77 Å². The molecule has 0 saturated carbocycles. The highest BCUT2D eigenvalue weighted by Crippen LogP contribution is 2.25. The molecule has 26 heavy (non-hydrogen) atoms. The van der Waals surface area contributed by atoms with Gasteiger partial charge in [-0.25, -0.2) is 5.10 Å². The van der Waals surface area contributed by atoms with Crippen molar-refractivity contribution >= 4 is 41.6 Å². The standard InChI is InChI=1S/C18H16Cl2N4OS/c1-11(2)25-13-6-3-5-12(9-13)17-22-23-18(26)24(17)21-10-14-15(19)7-4-8-16(14)20/h3-11H,1-2H3,(H,23,26)/b21-10-. The van der Waals surface area contributed by atoms with E-state index in [2.05, 4.69) is 15.3 Å². The number of hydrogen-bond acceptors (Lipinski definition) is 4. The fraction of sp³-hybridized carbons (Fsp3) is 0.167. The molecule has 0 atom stereocenters. The van der Waals surface area contributed by atoms with Gasteiger partial charge < -0.3 is 4.74 Å². The average molecular weight is 407 g/mol. The number of H-pyrrole nitrogens is 1. The maximum Gasteiger partial charge on any atom is 0.216 e. The first-order valence-corrected chi connectivity index (χ1v) is 9.05. The van der Waals surface area contributed by atoms with E-state index in [1.807, 2.05) is 38.1 Å². The van der Waals surface area contributed by atoms with E-state index in [0.717, 1.165) is 11.3 Å². The van der Waals surface area contributed by atoms with Crippen molar-refractivity contribution in [2.45, 2.75) is 20.0 Å². The summed E-state index contributed by atoms with van der Waals surface area (Å²) in [4.78, 5) is 0. The number of halogens is 2. The molecule has 5 nitrogen and oxygen atoms in total. The van der Waals surface area contributed by atoms with Crippen molar-refractivity contribution in [2.24, 2.45) is 5.10 Å². The highest BCUT2D eigenvalue weighted by molar-refractivity contribution is 7.71. The van der Waals surface area contributed by atoms with Crippen LogP contribution >= 0.6 is 35.4 Å². The number of aromatic amines is 1. The van der Waals surface area contributed by atoms with Crippen LogP contribution < -0.4 is 4.74 Å². The van der Waals surface area contributed by atoms with Gasteiger partial charge in [-0.2, -0.15) is 14.9 Å². The van der Waals surface area contributed by atoms with Gasteiger partial charge in [0.25, 0.3) is 0 Å². The second-order valence-electron chi connectivity index (χ2n) is 5.74. The van der Waals surface area contributed by atoms with Gasteiger partial charge in [0, 0.05) is 11.1 Å². The van der Waals surface area contributed by atoms with E-state index in [0.29, 0.717) is 26.2 Å². The Balaban J connectivity index is 2.00. The minimum atomic E-state index is 0.0754. The summed E-state index contributed by atoms with van der Waals surface area (Å²) in [6.45, 7) is 3.95. The molecule has 3 aromatic rings. The molecule has 2 aromatic carbocycles. The Bertz CT molecular complexity index is 990. The third-order valence-corrected chi connectivity index (χ3v) is 4.34. The van der Waals surface area contributed by atoms with Crippen LogP contribution in [0.4, 0.5) is 0 Å². The highest BCUT2D eigenvalue weighted by atomic mass is 35.5. The Morgan fingerprint density at radius 2 is 1.88 bits per heavy atom. The van der Waals surface area contributed by atoms with Gasteiger partial charge in [-0.1, -0.05) is 41.4 Å². The van der Waals surface area contributed by atoms with Crippen LogP contribution in [0.1, 0.15) is 19.4 Å². The van der Waals surface area contributed by atoms with Crippen LogP contribution in [0.25, 0.3) is 11.4 Å². The van der Waals surface area contributed by atoms with Crippen LogP contribution in [0.5, 0.6) is 5.75 Å². The zero-order chi connectivity index (χ0) is 18.7. The molecule has 0 amide bonds. The van der Waals surface area contributed by atoms with E-state index in [1.165, 1.54) is 4.68 Å². The van der Waals surface area contributed by atoms with Gasteiger partial charge in [0.1, 0.15) is 5.75 Å². The Hall–Kier alpha value is -2.15. The molecule has 1 heterocycles. The van der Waals surface area contributed by atoms with Crippen molar-refractivity contribution in [3.63, 3.8) is 0 Å². The van der Waals surface area contributed by atoms with E-state index < -0.39 is 0 Å². The number of nitrogens with zero attached hydrogens (tertiary/aromatic N) is 3. The minimum Gasteiger partial charge on any atom is -0.491 e. The van der Waals surface area contributed by atoms with E-state index in [-0.39, 0.29) is 6.10 Å². The molecule has 3 rings (SSSR count). The molecule has 0 bridgehead atoms. The normalized spacial score (nSPS) is 11.4. The minimum absolute atomic E-state index is 0.0754. The van der Waals surface area contributed by atoms with E-state index >= 15 is 0 Å². The van der Waals surface area contributed by atoms with Crippen molar-refractivity contribution in [3.05, 3.63) is 62.8 Å². The smallest absolute Gasteiger partial charge is 0.216 e. The number of aromatic nitrogens is 3. The fourth-order valence-electron chi connectivity index (χ4n) is 2.32. The topological polar surface area (TPSA) is 55.2 Å². The van der Waals surface area contributed by atoms with Crippen LogP contribution in [0.2, 0.25) is 10.0 Å². The summed E-state index contributed by atoms with van der Waals surface area (Å²) in [5, 5.41) is 12.4. The molecule has 0 aliphatic heterocycles. The second kappa shape index (κ2) is 8.03. The molecule has 0 unspecified atom stereocenters. The molecule has 0 radical (unpaired) electrons. The van der Waals surface area contributed by atoms with Crippen LogP contribution in [-0.2, 0) is 0 Å². The molecular weight excluding hydrogens is 391 g/mol. The van der Waals surface area contributed by atoms with Gasteiger partial charge in [0.05, 0.1) is 22.4 Å². The maximum absolute atomic E-state index is 6.18. The number of ether oxygens (including phenoxy) is 1. The van der Waals surface area contributed by atoms with Gasteiger partial charge in [-0.3, -0.25) is 0 Å². The molecule has 0 aliphatic carbocycles. The molecular formula is C18H16Cl2N4OS.